The summed E-state index contributed by atoms with van der Waals surface area (Å²) < 4.78 is 52.9. The van der Waals surface area contributed by atoms with E-state index in [2.05, 4.69) is 5.10 Å². The maximum Gasteiger partial charge on any atom is 0.419 e. The van der Waals surface area contributed by atoms with Crippen LogP contribution in [0.2, 0.25) is 0 Å². The zero-order valence-corrected chi connectivity index (χ0v) is 10.9. The van der Waals surface area contributed by atoms with Crippen molar-refractivity contribution in [3.8, 4) is 0 Å². The monoisotopic (exact) mass is 287 g/mol. The number of rotatable bonds is 2. The summed E-state index contributed by atoms with van der Waals surface area (Å²) in [6, 6.07) is 1.99. The highest BCUT2D eigenvalue weighted by molar-refractivity contribution is 5.36. The zero-order valence-electron chi connectivity index (χ0n) is 10.9. The van der Waals surface area contributed by atoms with Gasteiger partial charge in [-0.3, -0.25) is 4.68 Å². The highest BCUT2D eigenvalue weighted by Gasteiger charge is 2.34. The van der Waals surface area contributed by atoms with Crippen molar-refractivity contribution in [3.05, 3.63) is 52.6 Å². The second-order valence-corrected chi connectivity index (χ2v) is 4.52. The van der Waals surface area contributed by atoms with Crippen molar-refractivity contribution in [2.75, 3.05) is 0 Å². The van der Waals surface area contributed by atoms with E-state index in [4.69, 9.17) is 5.73 Å². The minimum absolute atomic E-state index is 0.190. The molecule has 0 amide bonds. The minimum Gasteiger partial charge on any atom is -0.320 e. The van der Waals surface area contributed by atoms with Crippen LogP contribution in [0.3, 0.4) is 0 Å². The van der Waals surface area contributed by atoms with Crippen molar-refractivity contribution < 1.29 is 17.6 Å². The molecule has 7 heteroatoms. The number of nitrogens with two attached hydrogens (primary N) is 1. The Hall–Kier alpha value is -1.89. The fourth-order valence-corrected chi connectivity index (χ4v) is 1.95. The van der Waals surface area contributed by atoms with Gasteiger partial charge in [0.2, 0.25) is 0 Å². The van der Waals surface area contributed by atoms with Crippen LogP contribution in [0.1, 0.15) is 28.4 Å². The van der Waals surface area contributed by atoms with Gasteiger partial charge in [-0.15, -0.1) is 0 Å². The van der Waals surface area contributed by atoms with E-state index in [0.29, 0.717) is 5.56 Å². The number of benzene rings is 1. The molecule has 0 fully saturated rings. The van der Waals surface area contributed by atoms with Crippen LogP contribution in [0, 0.1) is 12.7 Å². The molecule has 0 saturated heterocycles. The van der Waals surface area contributed by atoms with E-state index in [1.165, 1.54) is 12.3 Å². The third-order valence-electron chi connectivity index (χ3n) is 3.26. The lowest BCUT2D eigenvalue weighted by atomic mass is 9.98. The largest absolute Gasteiger partial charge is 0.419 e. The summed E-state index contributed by atoms with van der Waals surface area (Å²) in [5, 5.41) is 3.99. The molecule has 0 aliphatic heterocycles. The normalized spacial score (nSPS) is 13.6. The molecule has 0 aliphatic rings. The lowest BCUT2D eigenvalue weighted by Crippen LogP contribution is -2.15. The summed E-state index contributed by atoms with van der Waals surface area (Å²) in [6.45, 7) is 1.76. The predicted molar refractivity (Wildman–Crippen MR) is 65.4 cm³/mol. The van der Waals surface area contributed by atoms with Crippen LogP contribution >= 0.6 is 0 Å². The van der Waals surface area contributed by atoms with Gasteiger partial charge in [-0.25, -0.2) is 4.39 Å². The second kappa shape index (κ2) is 4.90. The van der Waals surface area contributed by atoms with Gasteiger partial charge in [0.25, 0.3) is 0 Å². The molecule has 1 atom stereocenters. The SMILES string of the molecule is Cc1c(C(N)c2ccc(F)c(C(F)(F)F)c2)cnn1C. The first-order valence-corrected chi connectivity index (χ1v) is 5.82. The molecule has 108 valence electrons. The van der Waals surface area contributed by atoms with Crippen molar-refractivity contribution in [1.29, 1.82) is 0 Å². The van der Waals surface area contributed by atoms with Gasteiger partial charge in [0.15, 0.2) is 0 Å². The summed E-state index contributed by atoms with van der Waals surface area (Å²) in [5.74, 6) is -1.31. The molecular weight excluding hydrogens is 274 g/mol. The lowest BCUT2D eigenvalue weighted by Gasteiger charge is -2.15. The Morgan fingerprint density at radius 1 is 1.30 bits per heavy atom. The van der Waals surface area contributed by atoms with Crippen molar-refractivity contribution in [3.63, 3.8) is 0 Å². The van der Waals surface area contributed by atoms with Crippen LogP contribution in [0.25, 0.3) is 0 Å². The average molecular weight is 287 g/mol. The Balaban J connectivity index is 2.46. The lowest BCUT2D eigenvalue weighted by molar-refractivity contribution is -0.140. The maximum absolute atomic E-state index is 13.2. The quantitative estimate of drug-likeness (QED) is 0.863. The molecule has 3 nitrogen and oxygen atoms in total. The Kier molecular flexibility index (Phi) is 3.56. The molecule has 2 aromatic rings. The zero-order chi connectivity index (χ0) is 15.1. The molecule has 1 aromatic heterocycles. The Labute approximate surface area is 113 Å². The Morgan fingerprint density at radius 2 is 1.95 bits per heavy atom. The van der Waals surface area contributed by atoms with Crippen LogP contribution in [-0.2, 0) is 13.2 Å². The summed E-state index contributed by atoms with van der Waals surface area (Å²) in [4.78, 5) is 0. The van der Waals surface area contributed by atoms with Gasteiger partial charge in [0.05, 0.1) is 17.8 Å². The first-order chi connectivity index (χ1) is 9.21. The molecule has 1 unspecified atom stereocenters. The number of hydrogen-bond acceptors (Lipinski definition) is 2. The molecule has 1 heterocycles. The van der Waals surface area contributed by atoms with Gasteiger partial charge in [-0.1, -0.05) is 6.07 Å². The van der Waals surface area contributed by atoms with Gasteiger partial charge in [0, 0.05) is 18.3 Å². The molecule has 2 rings (SSSR count). The van der Waals surface area contributed by atoms with E-state index in [0.717, 1.165) is 17.8 Å². The highest BCUT2D eigenvalue weighted by atomic mass is 19.4. The van der Waals surface area contributed by atoms with Gasteiger partial charge in [0.1, 0.15) is 5.82 Å². The fraction of sp³-hybridized carbons (Fsp3) is 0.308. The third kappa shape index (κ3) is 2.53. The summed E-state index contributed by atoms with van der Waals surface area (Å²) in [5.41, 5.74) is 6.18. The number of nitrogens with zero attached hydrogens (tertiary/aromatic N) is 2. The van der Waals surface area contributed by atoms with E-state index in [-0.39, 0.29) is 5.56 Å². The van der Waals surface area contributed by atoms with E-state index in [1.807, 2.05) is 0 Å². The van der Waals surface area contributed by atoms with Gasteiger partial charge < -0.3 is 5.73 Å². The molecule has 0 bridgehead atoms. The predicted octanol–water partition coefficient (Wildman–Crippen LogP) is 2.93. The third-order valence-corrected chi connectivity index (χ3v) is 3.26. The number of hydrogen-bond donors (Lipinski definition) is 1. The molecular formula is C13H13F4N3. The molecule has 0 spiro atoms. The highest BCUT2D eigenvalue weighted by Crippen LogP contribution is 2.33. The number of halogens is 4. The smallest absolute Gasteiger partial charge is 0.320 e. The van der Waals surface area contributed by atoms with E-state index in [9.17, 15) is 17.6 Å². The average Bonchev–Trinajstić information content (AvgIpc) is 2.68. The molecule has 0 radical (unpaired) electrons. The Bertz CT molecular complexity index is 631. The van der Waals surface area contributed by atoms with Crippen molar-refractivity contribution in [2.24, 2.45) is 12.8 Å². The van der Waals surface area contributed by atoms with Crippen LogP contribution in [0.5, 0.6) is 0 Å². The molecule has 1 aromatic carbocycles. The van der Waals surface area contributed by atoms with Crippen molar-refractivity contribution in [1.82, 2.24) is 9.78 Å². The van der Waals surface area contributed by atoms with Crippen LogP contribution in [0.15, 0.2) is 24.4 Å². The Morgan fingerprint density at radius 3 is 2.45 bits per heavy atom. The molecule has 20 heavy (non-hydrogen) atoms. The number of aromatic nitrogens is 2. The van der Waals surface area contributed by atoms with Crippen LogP contribution in [-0.4, -0.2) is 9.78 Å². The van der Waals surface area contributed by atoms with Gasteiger partial charge in [-0.05, 0) is 24.6 Å². The number of aryl methyl sites for hydroxylation is 1. The standard InChI is InChI=1S/C13H13F4N3/c1-7-9(6-19-20(7)2)12(18)8-3-4-11(14)10(5-8)13(15,16)17/h3-6,12H,18H2,1-2H3. The summed E-state index contributed by atoms with van der Waals surface area (Å²) in [6.07, 6.45) is -3.25. The van der Waals surface area contributed by atoms with E-state index >= 15 is 0 Å². The van der Waals surface area contributed by atoms with Crippen molar-refractivity contribution in [2.45, 2.75) is 19.1 Å². The van der Waals surface area contributed by atoms with Gasteiger partial charge >= 0.3 is 6.18 Å². The second-order valence-electron chi connectivity index (χ2n) is 4.52. The first-order valence-electron chi connectivity index (χ1n) is 5.82. The van der Waals surface area contributed by atoms with Crippen molar-refractivity contribution >= 4 is 0 Å². The number of alkyl halides is 3. The molecule has 0 saturated carbocycles. The molecule has 2 N–H and O–H groups in total. The summed E-state index contributed by atoms with van der Waals surface area (Å²) in [7, 11) is 1.71. The summed E-state index contributed by atoms with van der Waals surface area (Å²) >= 11 is 0. The molecule has 0 aliphatic carbocycles. The van der Waals surface area contributed by atoms with Crippen LogP contribution in [0.4, 0.5) is 17.6 Å². The van der Waals surface area contributed by atoms with Gasteiger partial charge in [-0.2, -0.15) is 18.3 Å². The first kappa shape index (κ1) is 14.5. The van der Waals surface area contributed by atoms with E-state index < -0.39 is 23.6 Å². The maximum atomic E-state index is 13.2. The topological polar surface area (TPSA) is 43.8 Å². The van der Waals surface area contributed by atoms with Crippen LogP contribution < -0.4 is 5.73 Å². The minimum atomic E-state index is -4.75. The fourth-order valence-electron chi connectivity index (χ4n) is 1.95. The van der Waals surface area contributed by atoms with E-state index in [1.54, 1.807) is 18.7 Å².